The third-order valence-electron chi connectivity index (χ3n) is 4.75. The summed E-state index contributed by atoms with van der Waals surface area (Å²) in [5, 5.41) is 0.159. The zero-order valence-corrected chi connectivity index (χ0v) is 20.2. The summed E-state index contributed by atoms with van der Waals surface area (Å²) in [5.41, 5.74) is 1.94. The quantitative estimate of drug-likeness (QED) is 0.450. The number of aromatic nitrogens is 1. The van der Waals surface area contributed by atoms with E-state index in [9.17, 15) is 16.8 Å². The number of hydrogen-bond donors (Lipinski definition) is 0. The van der Waals surface area contributed by atoms with Crippen molar-refractivity contribution in [2.24, 2.45) is 0 Å². The van der Waals surface area contributed by atoms with E-state index in [-0.39, 0.29) is 14.3 Å². The molecule has 0 aliphatic rings. The summed E-state index contributed by atoms with van der Waals surface area (Å²) in [5.74, 6) is 0. The van der Waals surface area contributed by atoms with Crippen LogP contribution in [0.4, 0.5) is 5.00 Å². The molecule has 1 heterocycles. The van der Waals surface area contributed by atoms with Gasteiger partial charge < -0.3 is 4.90 Å². The highest BCUT2D eigenvalue weighted by atomic mass is 32.2. The Kier molecular flexibility index (Phi) is 7.18. The topological polar surface area (TPSA) is 84.4 Å². The first-order chi connectivity index (χ1) is 14.6. The fourth-order valence-electron chi connectivity index (χ4n) is 3.05. The summed E-state index contributed by atoms with van der Waals surface area (Å²) < 4.78 is 51.2. The highest BCUT2D eigenvalue weighted by Crippen LogP contribution is 2.38. The molecule has 0 saturated carbocycles. The Labute approximate surface area is 188 Å². The minimum atomic E-state index is -3.99. The second kappa shape index (κ2) is 9.50. The molecule has 0 bridgehead atoms. The number of thiazole rings is 1. The first kappa shape index (κ1) is 23.4. The van der Waals surface area contributed by atoms with Gasteiger partial charge in [0.15, 0.2) is 5.03 Å². The number of rotatable bonds is 9. The van der Waals surface area contributed by atoms with E-state index in [4.69, 9.17) is 0 Å². The van der Waals surface area contributed by atoms with Gasteiger partial charge in [0.05, 0.1) is 4.90 Å². The van der Waals surface area contributed by atoms with Gasteiger partial charge in [-0.1, -0.05) is 72.7 Å². The maximum absolute atomic E-state index is 13.5. The highest BCUT2D eigenvalue weighted by molar-refractivity contribution is 7.93. The predicted molar refractivity (Wildman–Crippen MR) is 124 cm³/mol. The molecule has 9 heteroatoms. The Balaban J connectivity index is 2.16. The summed E-state index contributed by atoms with van der Waals surface area (Å²) in [4.78, 5) is 6.14. The van der Waals surface area contributed by atoms with Crippen molar-refractivity contribution < 1.29 is 16.8 Å². The molecule has 0 saturated heterocycles. The van der Waals surface area contributed by atoms with Gasteiger partial charge in [-0.2, -0.15) is 0 Å². The van der Waals surface area contributed by atoms with Crippen LogP contribution < -0.4 is 4.90 Å². The second-order valence-corrected chi connectivity index (χ2v) is 12.5. The zero-order chi connectivity index (χ0) is 22.6. The van der Waals surface area contributed by atoms with Gasteiger partial charge in [0.2, 0.25) is 24.0 Å². The molecule has 3 aromatic rings. The van der Waals surface area contributed by atoms with Gasteiger partial charge in [-0.15, -0.1) is 0 Å². The molecular formula is C22H26N2O4S3. The van der Waals surface area contributed by atoms with Gasteiger partial charge in [-0.05, 0) is 31.0 Å². The molecule has 0 unspecified atom stereocenters. The second-order valence-electron chi connectivity index (χ2n) is 7.44. The standard InChI is InChI=1S/C22H26N2O4S3/c1-4-5-15-24(16-18-9-7-6-8-10-18)21-20(23-22(29-21)30(3,25)26)31(27,28)19-13-11-17(2)12-14-19/h6-14H,4-5,15-16H2,1-3H3. The SMILES string of the molecule is CCCCN(Cc1ccccc1)c1sc(S(C)(=O)=O)nc1S(=O)(=O)c1ccc(C)cc1. The van der Waals surface area contributed by atoms with Crippen molar-refractivity contribution in [3.63, 3.8) is 0 Å². The smallest absolute Gasteiger partial charge is 0.226 e. The van der Waals surface area contributed by atoms with Crippen LogP contribution in [0.25, 0.3) is 0 Å². The maximum atomic E-state index is 13.5. The van der Waals surface area contributed by atoms with Crippen LogP contribution in [0.15, 0.2) is 68.9 Å². The summed E-state index contributed by atoms with van der Waals surface area (Å²) in [6.45, 7) is 4.98. The van der Waals surface area contributed by atoms with Crippen LogP contribution in [-0.4, -0.2) is 34.6 Å². The average molecular weight is 479 g/mol. The average Bonchev–Trinajstić information content (AvgIpc) is 3.19. The molecule has 0 atom stereocenters. The third kappa shape index (κ3) is 5.53. The molecule has 0 N–H and O–H groups in total. The van der Waals surface area contributed by atoms with Crippen LogP contribution in [0, 0.1) is 6.92 Å². The molecule has 0 amide bonds. The van der Waals surface area contributed by atoms with Gasteiger partial charge >= 0.3 is 0 Å². The number of aryl methyl sites for hydroxylation is 1. The number of unbranched alkanes of at least 4 members (excludes halogenated alkanes) is 1. The largest absolute Gasteiger partial charge is 0.357 e. The molecule has 6 nitrogen and oxygen atoms in total. The van der Waals surface area contributed by atoms with Crippen molar-refractivity contribution in [2.75, 3.05) is 17.7 Å². The van der Waals surface area contributed by atoms with E-state index < -0.39 is 19.7 Å². The van der Waals surface area contributed by atoms with Gasteiger partial charge in [0, 0.05) is 19.3 Å². The molecule has 0 radical (unpaired) electrons. The van der Waals surface area contributed by atoms with Gasteiger partial charge in [0.1, 0.15) is 5.00 Å². The van der Waals surface area contributed by atoms with E-state index in [1.54, 1.807) is 12.1 Å². The van der Waals surface area contributed by atoms with Crippen molar-refractivity contribution in [2.45, 2.75) is 47.5 Å². The molecule has 3 rings (SSSR count). The lowest BCUT2D eigenvalue weighted by Gasteiger charge is -2.24. The lowest BCUT2D eigenvalue weighted by molar-refractivity contribution is 0.590. The number of sulfone groups is 2. The molecular weight excluding hydrogens is 452 g/mol. The highest BCUT2D eigenvalue weighted by Gasteiger charge is 2.31. The fourth-order valence-corrected chi connectivity index (χ4v) is 6.73. The molecule has 0 spiro atoms. The Bertz CT molecular complexity index is 1230. The van der Waals surface area contributed by atoms with Gasteiger partial charge in [-0.3, -0.25) is 0 Å². The minimum absolute atomic E-state index is 0.0971. The Morgan fingerprint density at radius 2 is 1.61 bits per heavy atom. The predicted octanol–water partition coefficient (Wildman–Crippen LogP) is 4.49. The molecule has 0 fully saturated rings. The lowest BCUT2D eigenvalue weighted by atomic mass is 10.2. The van der Waals surface area contributed by atoms with Crippen molar-refractivity contribution in [3.05, 3.63) is 65.7 Å². The Hall–Kier alpha value is -2.23. The van der Waals surface area contributed by atoms with Gasteiger partial charge in [0.25, 0.3) is 0 Å². The van der Waals surface area contributed by atoms with Crippen LogP contribution in [0.3, 0.4) is 0 Å². The molecule has 166 valence electrons. The fraction of sp³-hybridized carbons (Fsp3) is 0.318. The number of benzene rings is 2. The Morgan fingerprint density at radius 1 is 0.968 bits per heavy atom. The molecule has 0 aliphatic heterocycles. The third-order valence-corrected chi connectivity index (χ3v) is 9.36. The Morgan fingerprint density at radius 3 is 2.19 bits per heavy atom. The van der Waals surface area contributed by atoms with Crippen molar-refractivity contribution in [3.8, 4) is 0 Å². The van der Waals surface area contributed by atoms with E-state index in [1.807, 2.05) is 42.2 Å². The first-order valence-electron chi connectivity index (χ1n) is 9.94. The molecule has 31 heavy (non-hydrogen) atoms. The molecule has 0 aliphatic carbocycles. The minimum Gasteiger partial charge on any atom is -0.357 e. The van der Waals surface area contributed by atoms with Crippen LogP contribution in [-0.2, 0) is 26.2 Å². The zero-order valence-electron chi connectivity index (χ0n) is 17.8. The van der Waals surface area contributed by atoms with E-state index in [2.05, 4.69) is 11.9 Å². The lowest BCUT2D eigenvalue weighted by Crippen LogP contribution is -2.24. The monoisotopic (exact) mass is 478 g/mol. The van der Waals surface area contributed by atoms with Crippen LogP contribution >= 0.6 is 11.3 Å². The molecule has 2 aromatic carbocycles. The first-order valence-corrected chi connectivity index (χ1v) is 14.1. The van der Waals surface area contributed by atoms with Crippen molar-refractivity contribution in [1.29, 1.82) is 0 Å². The summed E-state index contributed by atoms with van der Waals surface area (Å²) in [6.07, 6.45) is 2.80. The normalized spacial score (nSPS) is 12.1. The summed E-state index contributed by atoms with van der Waals surface area (Å²) in [7, 11) is -7.66. The van der Waals surface area contributed by atoms with Gasteiger partial charge in [-0.25, -0.2) is 21.8 Å². The van der Waals surface area contributed by atoms with E-state index >= 15 is 0 Å². The number of anilines is 1. The number of nitrogens with zero attached hydrogens (tertiary/aromatic N) is 2. The maximum Gasteiger partial charge on any atom is 0.226 e. The van der Waals surface area contributed by atoms with E-state index in [1.165, 1.54) is 12.1 Å². The van der Waals surface area contributed by atoms with E-state index in [0.717, 1.165) is 41.6 Å². The number of hydrogen-bond acceptors (Lipinski definition) is 7. The van der Waals surface area contributed by atoms with Crippen LogP contribution in [0.5, 0.6) is 0 Å². The summed E-state index contributed by atoms with van der Waals surface area (Å²) in [6, 6.07) is 16.2. The van der Waals surface area contributed by atoms with E-state index in [0.29, 0.717) is 18.1 Å². The van der Waals surface area contributed by atoms with Crippen LogP contribution in [0.2, 0.25) is 0 Å². The van der Waals surface area contributed by atoms with Crippen LogP contribution in [0.1, 0.15) is 30.9 Å². The van der Waals surface area contributed by atoms with Crippen molar-refractivity contribution >= 4 is 36.0 Å². The van der Waals surface area contributed by atoms with Crippen molar-refractivity contribution in [1.82, 2.24) is 4.98 Å². The summed E-state index contributed by atoms with van der Waals surface area (Å²) >= 11 is 0.917. The molecule has 1 aromatic heterocycles.